The minimum atomic E-state index is -0.0400. The molecule has 0 aromatic heterocycles. The van der Waals surface area contributed by atoms with Crippen LogP contribution in [0.1, 0.15) is 40.5 Å². The van der Waals surface area contributed by atoms with Gasteiger partial charge in [-0.15, -0.1) is 0 Å². The Morgan fingerprint density at radius 2 is 1.58 bits per heavy atom. The highest BCUT2D eigenvalue weighted by molar-refractivity contribution is 6.07. The van der Waals surface area contributed by atoms with Crippen LogP contribution in [0.15, 0.2) is 11.1 Å². The molecule has 0 aromatic carbocycles. The van der Waals surface area contributed by atoms with Crippen molar-refractivity contribution < 1.29 is 9.59 Å². The zero-order valence-corrected chi connectivity index (χ0v) is 8.23. The van der Waals surface area contributed by atoms with Crippen LogP contribution in [0.2, 0.25) is 0 Å². The minimum Gasteiger partial charge on any atom is -0.299 e. The molecule has 0 aliphatic carbocycles. The summed E-state index contributed by atoms with van der Waals surface area (Å²) >= 11 is 0. The maximum atomic E-state index is 11.3. The fourth-order valence-electron chi connectivity index (χ4n) is 0.715. The van der Waals surface area contributed by atoms with E-state index in [9.17, 15) is 9.59 Å². The maximum absolute atomic E-state index is 11.3. The molecule has 0 aromatic rings. The summed E-state index contributed by atoms with van der Waals surface area (Å²) in [6, 6.07) is 0. The van der Waals surface area contributed by atoms with E-state index in [4.69, 9.17) is 0 Å². The van der Waals surface area contributed by atoms with Crippen molar-refractivity contribution in [2.24, 2.45) is 0 Å². The summed E-state index contributed by atoms with van der Waals surface area (Å²) in [6.07, 6.45) is 0.509. The molecule has 0 spiro atoms. The number of ketones is 2. The molecular weight excluding hydrogens is 152 g/mol. The van der Waals surface area contributed by atoms with Crippen molar-refractivity contribution in [1.82, 2.24) is 0 Å². The van der Waals surface area contributed by atoms with E-state index in [-0.39, 0.29) is 18.0 Å². The van der Waals surface area contributed by atoms with E-state index >= 15 is 0 Å². The molecule has 0 amide bonds. The standard InChI is InChI=1S/C10H16O2/c1-5-9(11)6-10(12)8(4)7(2)3/h5-6H2,1-4H3. The van der Waals surface area contributed by atoms with E-state index in [1.165, 1.54) is 0 Å². The van der Waals surface area contributed by atoms with Crippen LogP contribution in [-0.2, 0) is 9.59 Å². The van der Waals surface area contributed by atoms with Gasteiger partial charge in [-0.25, -0.2) is 0 Å². The molecule has 0 rings (SSSR count). The summed E-state index contributed by atoms with van der Waals surface area (Å²) in [5.74, 6) is -0.0255. The Bertz CT molecular complexity index is 220. The van der Waals surface area contributed by atoms with Crippen molar-refractivity contribution in [3.05, 3.63) is 11.1 Å². The first-order chi connectivity index (χ1) is 5.49. The summed E-state index contributed by atoms with van der Waals surface area (Å²) in [4.78, 5) is 22.2. The second kappa shape index (κ2) is 4.86. The van der Waals surface area contributed by atoms with Crippen LogP contribution >= 0.6 is 0 Å². The molecule has 0 saturated carbocycles. The van der Waals surface area contributed by atoms with Gasteiger partial charge in [0.2, 0.25) is 0 Å². The average molecular weight is 168 g/mol. The predicted octanol–water partition coefficient (Wildman–Crippen LogP) is 2.28. The second-order valence-electron chi connectivity index (χ2n) is 3.12. The molecule has 68 valence electrons. The lowest BCUT2D eigenvalue weighted by molar-refractivity contribution is -0.124. The van der Waals surface area contributed by atoms with Crippen molar-refractivity contribution in [1.29, 1.82) is 0 Å². The first-order valence-corrected chi connectivity index (χ1v) is 4.18. The number of hydrogen-bond donors (Lipinski definition) is 0. The van der Waals surface area contributed by atoms with Gasteiger partial charge in [-0.2, -0.15) is 0 Å². The van der Waals surface area contributed by atoms with Gasteiger partial charge in [-0.05, 0) is 26.3 Å². The van der Waals surface area contributed by atoms with Crippen LogP contribution in [0.25, 0.3) is 0 Å². The molecule has 2 nitrogen and oxygen atoms in total. The zero-order valence-electron chi connectivity index (χ0n) is 8.23. The normalized spacial score (nSPS) is 9.33. The lowest BCUT2D eigenvalue weighted by Crippen LogP contribution is -2.08. The van der Waals surface area contributed by atoms with Gasteiger partial charge in [-0.1, -0.05) is 12.5 Å². The average Bonchev–Trinajstić information content (AvgIpc) is 2.02. The van der Waals surface area contributed by atoms with E-state index in [2.05, 4.69) is 0 Å². The maximum Gasteiger partial charge on any atom is 0.165 e. The number of hydrogen-bond acceptors (Lipinski definition) is 2. The van der Waals surface area contributed by atoms with Crippen molar-refractivity contribution >= 4 is 11.6 Å². The van der Waals surface area contributed by atoms with Gasteiger partial charge in [0.05, 0.1) is 6.42 Å². The van der Waals surface area contributed by atoms with Crippen molar-refractivity contribution in [3.63, 3.8) is 0 Å². The Hall–Kier alpha value is -0.920. The Morgan fingerprint density at radius 1 is 1.08 bits per heavy atom. The lowest BCUT2D eigenvalue weighted by atomic mass is 10.0. The molecule has 0 N–H and O–H groups in total. The molecule has 0 aliphatic heterocycles. The van der Waals surface area contributed by atoms with Gasteiger partial charge in [0, 0.05) is 6.42 Å². The summed E-state index contributed by atoms with van der Waals surface area (Å²) in [7, 11) is 0. The van der Waals surface area contributed by atoms with Gasteiger partial charge < -0.3 is 0 Å². The molecule has 0 fully saturated rings. The van der Waals surface area contributed by atoms with E-state index in [1.807, 2.05) is 13.8 Å². The highest BCUT2D eigenvalue weighted by Crippen LogP contribution is 2.06. The van der Waals surface area contributed by atoms with Crippen molar-refractivity contribution in [3.8, 4) is 0 Å². The lowest BCUT2D eigenvalue weighted by Gasteiger charge is -2.00. The van der Waals surface area contributed by atoms with Crippen LogP contribution in [0.4, 0.5) is 0 Å². The summed E-state index contributed by atoms with van der Waals surface area (Å²) in [6.45, 7) is 7.29. The summed E-state index contributed by atoms with van der Waals surface area (Å²) in [5, 5.41) is 0. The van der Waals surface area contributed by atoms with E-state index in [0.717, 1.165) is 11.1 Å². The fraction of sp³-hybridized carbons (Fsp3) is 0.600. The Labute approximate surface area is 73.7 Å². The SMILES string of the molecule is CCC(=O)CC(=O)C(C)=C(C)C. The molecule has 2 heteroatoms. The number of Topliss-reactive ketones (excluding diaryl/α,β-unsaturated/α-hetero) is 2. The topological polar surface area (TPSA) is 34.1 Å². The predicted molar refractivity (Wildman–Crippen MR) is 49.0 cm³/mol. The van der Waals surface area contributed by atoms with E-state index in [0.29, 0.717) is 6.42 Å². The molecule has 12 heavy (non-hydrogen) atoms. The largest absolute Gasteiger partial charge is 0.299 e. The number of carbonyl (C=O) groups is 2. The first kappa shape index (κ1) is 11.1. The molecule has 0 unspecified atom stereocenters. The van der Waals surface area contributed by atoms with Crippen LogP contribution in [0, 0.1) is 0 Å². The van der Waals surface area contributed by atoms with E-state index in [1.54, 1.807) is 13.8 Å². The summed E-state index contributed by atoms with van der Waals surface area (Å²) in [5.41, 5.74) is 1.71. The van der Waals surface area contributed by atoms with Crippen molar-refractivity contribution in [2.45, 2.75) is 40.5 Å². The third kappa shape index (κ3) is 3.46. The zero-order chi connectivity index (χ0) is 9.72. The molecular formula is C10H16O2. The van der Waals surface area contributed by atoms with E-state index < -0.39 is 0 Å². The Balaban J connectivity index is 4.25. The highest BCUT2D eigenvalue weighted by atomic mass is 16.1. The van der Waals surface area contributed by atoms with Crippen LogP contribution in [0.5, 0.6) is 0 Å². The summed E-state index contributed by atoms with van der Waals surface area (Å²) < 4.78 is 0. The molecule has 0 heterocycles. The van der Waals surface area contributed by atoms with Gasteiger partial charge in [0.15, 0.2) is 5.78 Å². The molecule has 0 radical (unpaired) electrons. The van der Waals surface area contributed by atoms with Gasteiger partial charge in [0.25, 0.3) is 0 Å². The molecule has 0 saturated heterocycles. The van der Waals surface area contributed by atoms with Crippen LogP contribution < -0.4 is 0 Å². The number of carbonyl (C=O) groups excluding carboxylic acids is 2. The van der Waals surface area contributed by atoms with Gasteiger partial charge in [-0.3, -0.25) is 9.59 Å². The quantitative estimate of drug-likeness (QED) is 0.476. The monoisotopic (exact) mass is 168 g/mol. The van der Waals surface area contributed by atoms with Crippen LogP contribution in [0.3, 0.4) is 0 Å². The van der Waals surface area contributed by atoms with Gasteiger partial charge in [0.1, 0.15) is 5.78 Å². The number of rotatable bonds is 4. The minimum absolute atomic E-state index is 0.0144. The van der Waals surface area contributed by atoms with Gasteiger partial charge >= 0.3 is 0 Å². The molecule has 0 aliphatic rings. The van der Waals surface area contributed by atoms with Crippen LogP contribution in [-0.4, -0.2) is 11.6 Å². The second-order valence-corrected chi connectivity index (χ2v) is 3.12. The molecule has 0 bridgehead atoms. The first-order valence-electron chi connectivity index (χ1n) is 4.18. The Kier molecular flexibility index (Phi) is 4.49. The van der Waals surface area contributed by atoms with Crippen molar-refractivity contribution in [2.75, 3.05) is 0 Å². The Morgan fingerprint density at radius 3 is 1.92 bits per heavy atom. The fourth-order valence-corrected chi connectivity index (χ4v) is 0.715. The third-order valence-corrected chi connectivity index (χ3v) is 1.92. The third-order valence-electron chi connectivity index (χ3n) is 1.92. The number of allylic oxidation sites excluding steroid dienone is 2. The molecule has 0 atom stereocenters. The highest BCUT2D eigenvalue weighted by Gasteiger charge is 2.09. The smallest absolute Gasteiger partial charge is 0.165 e.